The number of nitrogens with one attached hydrogen (secondary N) is 1. The predicted molar refractivity (Wildman–Crippen MR) is 103 cm³/mol. The highest BCUT2D eigenvalue weighted by Crippen LogP contribution is 2.19. The first-order valence-corrected chi connectivity index (χ1v) is 9.32. The Balaban J connectivity index is 1.82. The number of aryl methyl sites for hydroxylation is 2. The summed E-state index contributed by atoms with van der Waals surface area (Å²) in [6, 6.07) is 14.8. The molecule has 1 unspecified atom stereocenters. The van der Waals surface area contributed by atoms with Crippen molar-refractivity contribution in [2.75, 3.05) is 11.1 Å². The van der Waals surface area contributed by atoms with Crippen molar-refractivity contribution in [3.8, 4) is 0 Å². The molecule has 1 atom stereocenters. The number of rotatable bonds is 8. The van der Waals surface area contributed by atoms with Crippen molar-refractivity contribution in [3.63, 3.8) is 0 Å². The lowest BCUT2D eigenvalue weighted by Gasteiger charge is -2.12. The van der Waals surface area contributed by atoms with E-state index < -0.39 is 11.2 Å². The monoisotopic (exact) mass is 377 g/mol. The Morgan fingerprint density at radius 2 is 1.76 bits per heavy atom. The third kappa shape index (κ3) is 6.80. The molecule has 25 heavy (non-hydrogen) atoms. The van der Waals surface area contributed by atoms with Crippen LogP contribution < -0.4 is 5.32 Å². The summed E-state index contributed by atoms with van der Waals surface area (Å²) in [7, 11) is 0. The second-order valence-corrected chi connectivity index (χ2v) is 7.34. The van der Waals surface area contributed by atoms with Crippen LogP contribution in [0.5, 0.6) is 0 Å². The summed E-state index contributed by atoms with van der Waals surface area (Å²) >= 11 is 6.94. The number of amides is 1. The number of carbonyl (C=O) groups is 2. The van der Waals surface area contributed by atoms with E-state index in [9.17, 15) is 14.7 Å². The predicted octanol–water partition coefficient (Wildman–Crippen LogP) is 4.41. The molecule has 2 N–H and O–H groups in total. The average Bonchev–Trinajstić information content (AvgIpc) is 2.58. The van der Waals surface area contributed by atoms with Gasteiger partial charge in [-0.1, -0.05) is 41.4 Å². The van der Waals surface area contributed by atoms with Crippen LogP contribution in [-0.2, 0) is 16.0 Å². The fourth-order valence-electron chi connectivity index (χ4n) is 2.24. The lowest BCUT2D eigenvalue weighted by molar-refractivity contribution is -0.136. The van der Waals surface area contributed by atoms with Crippen LogP contribution in [0.3, 0.4) is 0 Å². The third-order valence-electron chi connectivity index (χ3n) is 3.63. The number of carboxylic acids is 1. The minimum atomic E-state index is -0.892. The van der Waals surface area contributed by atoms with E-state index in [0.29, 0.717) is 23.6 Å². The van der Waals surface area contributed by atoms with Gasteiger partial charge in [-0.15, -0.1) is 11.8 Å². The number of hydrogen-bond acceptors (Lipinski definition) is 3. The zero-order valence-electron chi connectivity index (χ0n) is 13.9. The Morgan fingerprint density at radius 1 is 1.12 bits per heavy atom. The zero-order chi connectivity index (χ0) is 18.2. The first-order valence-electron chi connectivity index (χ1n) is 7.89. The molecule has 132 valence electrons. The number of halogens is 1. The standard InChI is InChI=1S/C19H20ClNO3S/c1-13-2-4-14(5-3-13)6-11-17(19(23)24)25-12-18(22)21-16-9-7-15(20)8-10-16/h2-5,7-10,17H,6,11-12H2,1H3,(H,21,22)(H,23,24). The quantitative estimate of drug-likeness (QED) is 0.715. The normalized spacial score (nSPS) is 11.8. The lowest BCUT2D eigenvalue weighted by Crippen LogP contribution is -2.22. The van der Waals surface area contributed by atoms with Gasteiger partial charge in [0.25, 0.3) is 0 Å². The van der Waals surface area contributed by atoms with Gasteiger partial charge >= 0.3 is 5.97 Å². The Morgan fingerprint density at radius 3 is 2.36 bits per heavy atom. The zero-order valence-corrected chi connectivity index (χ0v) is 15.4. The molecular formula is C19H20ClNO3S. The molecule has 4 nitrogen and oxygen atoms in total. The van der Waals surface area contributed by atoms with Gasteiger partial charge in [0, 0.05) is 10.7 Å². The van der Waals surface area contributed by atoms with Crippen LogP contribution >= 0.6 is 23.4 Å². The maximum atomic E-state index is 12.0. The van der Waals surface area contributed by atoms with Crippen LogP contribution in [0.25, 0.3) is 0 Å². The van der Waals surface area contributed by atoms with Gasteiger partial charge in [0.1, 0.15) is 5.25 Å². The van der Waals surface area contributed by atoms with E-state index in [-0.39, 0.29) is 11.7 Å². The highest BCUT2D eigenvalue weighted by molar-refractivity contribution is 8.01. The number of anilines is 1. The molecule has 0 aliphatic carbocycles. The first-order chi connectivity index (χ1) is 11.9. The molecule has 0 aromatic heterocycles. The van der Waals surface area contributed by atoms with E-state index >= 15 is 0 Å². The van der Waals surface area contributed by atoms with Gasteiger partial charge in [0.2, 0.25) is 5.91 Å². The molecule has 2 rings (SSSR count). The van der Waals surface area contributed by atoms with Gasteiger partial charge in [-0.3, -0.25) is 9.59 Å². The van der Waals surface area contributed by atoms with Crippen molar-refractivity contribution in [2.24, 2.45) is 0 Å². The summed E-state index contributed by atoms with van der Waals surface area (Å²) in [5.41, 5.74) is 2.91. The molecule has 2 aromatic carbocycles. The number of hydrogen-bond donors (Lipinski definition) is 2. The van der Waals surface area contributed by atoms with E-state index in [0.717, 1.165) is 17.3 Å². The fraction of sp³-hybridized carbons (Fsp3) is 0.263. The Labute approximate surface area is 156 Å². The van der Waals surface area contributed by atoms with E-state index in [2.05, 4.69) is 5.32 Å². The number of aliphatic carboxylic acids is 1. The summed E-state index contributed by atoms with van der Waals surface area (Å²) in [6.07, 6.45) is 1.15. The molecule has 0 heterocycles. The van der Waals surface area contributed by atoms with Crippen LogP contribution in [0.1, 0.15) is 17.5 Å². The first kappa shape index (κ1) is 19.3. The fourth-order valence-corrected chi connectivity index (χ4v) is 3.21. The Bertz CT molecular complexity index is 716. The van der Waals surface area contributed by atoms with Crippen molar-refractivity contribution in [1.29, 1.82) is 0 Å². The summed E-state index contributed by atoms with van der Waals surface area (Å²) in [5.74, 6) is -1.03. The second kappa shape index (κ2) is 9.49. The van der Waals surface area contributed by atoms with Gasteiger partial charge in [-0.05, 0) is 49.6 Å². The molecular weight excluding hydrogens is 358 g/mol. The molecule has 0 spiro atoms. The summed E-state index contributed by atoms with van der Waals surface area (Å²) < 4.78 is 0. The summed E-state index contributed by atoms with van der Waals surface area (Å²) in [4.78, 5) is 23.4. The molecule has 2 aromatic rings. The average molecular weight is 378 g/mol. The van der Waals surface area contributed by atoms with Crippen LogP contribution in [0.2, 0.25) is 5.02 Å². The van der Waals surface area contributed by atoms with Crippen LogP contribution in [0.15, 0.2) is 48.5 Å². The van der Waals surface area contributed by atoms with Gasteiger partial charge in [-0.2, -0.15) is 0 Å². The molecule has 0 aliphatic heterocycles. The summed E-state index contributed by atoms with van der Waals surface area (Å²) in [5, 5.41) is 12.1. The van der Waals surface area contributed by atoms with Crippen molar-refractivity contribution < 1.29 is 14.7 Å². The van der Waals surface area contributed by atoms with Crippen LogP contribution in [0.4, 0.5) is 5.69 Å². The maximum absolute atomic E-state index is 12.0. The van der Waals surface area contributed by atoms with Crippen molar-refractivity contribution in [3.05, 3.63) is 64.7 Å². The SMILES string of the molecule is Cc1ccc(CCC(SCC(=O)Nc2ccc(Cl)cc2)C(=O)O)cc1. The molecule has 0 bridgehead atoms. The van der Waals surface area contributed by atoms with E-state index in [1.54, 1.807) is 24.3 Å². The minimum absolute atomic E-state index is 0.0908. The molecule has 0 aliphatic rings. The third-order valence-corrected chi connectivity index (χ3v) is 5.16. The smallest absolute Gasteiger partial charge is 0.316 e. The van der Waals surface area contributed by atoms with Gasteiger partial charge in [-0.25, -0.2) is 0 Å². The Hall–Kier alpha value is -1.98. The minimum Gasteiger partial charge on any atom is -0.480 e. The van der Waals surface area contributed by atoms with Gasteiger partial charge in [0.05, 0.1) is 5.75 Å². The number of carbonyl (C=O) groups excluding carboxylic acids is 1. The highest BCUT2D eigenvalue weighted by Gasteiger charge is 2.19. The molecule has 0 saturated carbocycles. The largest absolute Gasteiger partial charge is 0.480 e. The van der Waals surface area contributed by atoms with E-state index in [1.165, 1.54) is 5.56 Å². The molecule has 1 amide bonds. The van der Waals surface area contributed by atoms with Gasteiger partial charge in [0.15, 0.2) is 0 Å². The maximum Gasteiger partial charge on any atom is 0.316 e. The highest BCUT2D eigenvalue weighted by atomic mass is 35.5. The van der Waals surface area contributed by atoms with Crippen LogP contribution in [-0.4, -0.2) is 28.0 Å². The second-order valence-electron chi connectivity index (χ2n) is 5.72. The van der Waals surface area contributed by atoms with Gasteiger partial charge < -0.3 is 10.4 Å². The molecule has 0 fully saturated rings. The molecule has 6 heteroatoms. The van der Waals surface area contributed by atoms with Crippen molar-refractivity contribution >= 4 is 40.9 Å². The van der Waals surface area contributed by atoms with E-state index in [1.807, 2.05) is 31.2 Å². The topological polar surface area (TPSA) is 66.4 Å². The number of benzene rings is 2. The summed E-state index contributed by atoms with van der Waals surface area (Å²) in [6.45, 7) is 2.01. The lowest BCUT2D eigenvalue weighted by atomic mass is 10.1. The van der Waals surface area contributed by atoms with Crippen molar-refractivity contribution in [1.82, 2.24) is 0 Å². The Kier molecular flexibility index (Phi) is 7.34. The molecule has 0 radical (unpaired) electrons. The molecule has 0 saturated heterocycles. The number of thioether (sulfide) groups is 1. The number of carboxylic acid groups (broad SMARTS) is 1. The van der Waals surface area contributed by atoms with Crippen LogP contribution in [0, 0.1) is 6.92 Å². The van der Waals surface area contributed by atoms with E-state index in [4.69, 9.17) is 11.6 Å². The van der Waals surface area contributed by atoms with Crippen molar-refractivity contribution in [2.45, 2.75) is 25.0 Å².